The molecule has 0 N–H and O–H groups in total. The van der Waals surface area contributed by atoms with Gasteiger partial charge in [-0.15, -0.1) is 13.2 Å². The van der Waals surface area contributed by atoms with Crippen molar-refractivity contribution >= 4 is 23.3 Å². The summed E-state index contributed by atoms with van der Waals surface area (Å²) >= 11 is 6.16. The Labute approximate surface area is 162 Å². The Morgan fingerprint density at radius 3 is 2.32 bits per heavy atom. The van der Waals surface area contributed by atoms with Gasteiger partial charge in [0.1, 0.15) is 34.6 Å². The van der Waals surface area contributed by atoms with Crippen LogP contribution in [0.15, 0.2) is 43.8 Å². The maximum Gasteiger partial charge on any atom is 0.273 e. The van der Waals surface area contributed by atoms with E-state index in [0.29, 0.717) is 12.1 Å². The van der Waals surface area contributed by atoms with E-state index < -0.39 is 28.9 Å². The fraction of sp³-hybridized carbons (Fsp3) is 0.111. The van der Waals surface area contributed by atoms with E-state index in [1.807, 2.05) is 0 Å². The Kier molecular flexibility index (Phi) is 5.46. The molecule has 2 aromatic heterocycles. The van der Waals surface area contributed by atoms with Crippen LogP contribution in [0.5, 0.6) is 0 Å². The zero-order chi connectivity index (χ0) is 20.4. The molecule has 0 unspecified atom stereocenters. The van der Waals surface area contributed by atoms with Gasteiger partial charge in [0.2, 0.25) is 0 Å². The fourth-order valence-electron chi connectivity index (χ4n) is 2.72. The predicted molar refractivity (Wildman–Crippen MR) is 97.4 cm³/mol. The minimum atomic E-state index is -1.24. The minimum absolute atomic E-state index is 0.0443. The molecule has 10 heteroatoms. The average Bonchev–Trinajstić information content (AvgIpc) is 3.08. The van der Waals surface area contributed by atoms with E-state index in [1.165, 1.54) is 17.1 Å². The second kappa shape index (κ2) is 7.81. The van der Waals surface area contributed by atoms with Crippen molar-refractivity contribution in [2.75, 3.05) is 13.1 Å². The number of fused-ring (bicyclic) bond motifs is 1. The molecule has 0 aliphatic carbocycles. The molecule has 3 aromatic rings. The Hall–Kier alpha value is -3.20. The maximum absolute atomic E-state index is 14.5. The summed E-state index contributed by atoms with van der Waals surface area (Å²) in [4.78, 5) is 22.3. The summed E-state index contributed by atoms with van der Waals surface area (Å²) in [5.74, 6) is -4.31. The van der Waals surface area contributed by atoms with Crippen LogP contribution >= 0.6 is 11.6 Å². The van der Waals surface area contributed by atoms with Gasteiger partial charge < -0.3 is 4.90 Å². The molecule has 0 saturated carbocycles. The topological polar surface area (TPSA) is 63.4 Å². The van der Waals surface area contributed by atoms with E-state index in [4.69, 9.17) is 11.6 Å². The normalized spacial score (nSPS) is 10.9. The molecule has 0 fully saturated rings. The van der Waals surface area contributed by atoms with Crippen LogP contribution in [0.1, 0.15) is 10.5 Å². The Morgan fingerprint density at radius 1 is 1.14 bits per heavy atom. The van der Waals surface area contributed by atoms with Crippen molar-refractivity contribution in [3.8, 4) is 11.1 Å². The van der Waals surface area contributed by atoms with Crippen LogP contribution in [0.3, 0.4) is 0 Å². The van der Waals surface area contributed by atoms with Crippen molar-refractivity contribution in [2.45, 2.75) is 0 Å². The first-order chi connectivity index (χ1) is 13.4. The second-order valence-electron chi connectivity index (χ2n) is 5.63. The Morgan fingerprint density at radius 2 is 1.75 bits per heavy atom. The second-order valence-corrected chi connectivity index (χ2v) is 5.99. The number of hydrogen-bond acceptors (Lipinski definition) is 4. The molecule has 0 saturated heterocycles. The lowest BCUT2D eigenvalue weighted by Crippen LogP contribution is -2.33. The Bertz CT molecular complexity index is 1070. The van der Waals surface area contributed by atoms with E-state index in [9.17, 15) is 18.0 Å². The van der Waals surface area contributed by atoms with Crippen LogP contribution in [0.4, 0.5) is 13.2 Å². The van der Waals surface area contributed by atoms with Crippen LogP contribution in [0.25, 0.3) is 16.9 Å². The van der Waals surface area contributed by atoms with Crippen molar-refractivity contribution in [1.82, 2.24) is 24.5 Å². The van der Waals surface area contributed by atoms with E-state index in [2.05, 4.69) is 28.2 Å². The maximum atomic E-state index is 14.5. The summed E-state index contributed by atoms with van der Waals surface area (Å²) in [6.07, 6.45) is 4.06. The number of amides is 1. The number of halogens is 4. The van der Waals surface area contributed by atoms with E-state index in [-0.39, 0.29) is 35.3 Å². The van der Waals surface area contributed by atoms with Gasteiger partial charge >= 0.3 is 0 Å². The molecule has 28 heavy (non-hydrogen) atoms. The van der Waals surface area contributed by atoms with Gasteiger partial charge in [0, 0.05) is 25.2 Å². The quantitative estimate of drug-likeness (QED) is 0.462. The molecule has 0 aliphatic rings. The van der Waals surface area contributed by atoms with Gasteiger partial charge in [0.05, 0.1) is 11.1 Å². The number of carbonyl (C=O) groups excluding carboxylic acids is 1. The van der Waals surface area contributed by atoms with Gasteiger partial charge in [-0.1, -0.05) is 23.8 Å². The van der Waals surface area contributed by atoms with Crippen LogP contribution in [0.2, 0.25) is 5.15 Å². The van der Waals surface area contributed by atoms with E-state index in [0.717, 1.165) is 10.8 Å². The van der Waals surface area contributed by atoms with E-state index in [1.54, 1.807) is 0 Å². The van der Waals surface area contributed by atoms with Gasteiger partial charge in [0.25, 0.3) is 11.7 Å². The minimum Gasteiger partial charge on any atom is -0.330 e. The largest absolute Gasteiger partial charge is 0.330 e. The molecule has 0 bridgehead atoms. The molecule has 144 valence electrons. The van der Waals surface area contributed by atoms with Gasteiger partial charge in [-0.2, -0.15) is 19.6 Å². The van der Waals surface area contributed by atoms with Gasteiger partial charge in [-0.25, -0.2) is 13.2 Å². The van der Waals surface area contributed by atoms with Crippen molar-refractivity contribution in [2.24, 2.45) is 0 Å². The summed E-state index contributed by atoms with van der Waals surface area (Å²) in [5, 5.41) is 3.53. The molecule has 0 spiro atoms. The number of aromatic nitrogens is 4. The number of rotatable bonds is 6. The van der Waals surface area contributed by atoms with Gasteiger partial charge in [0.15, 0.2) is 0 Å². The zero-order valence-electron chi connectivity index (χ0n) is 14.4. The third-order valence-corrected chi connectivity index (χ3v) is 4.10. The highest BCUT2D eigenvalue weighted by molar-refractivity contribution is 6.33. The van der Waals surface area contributed by atoms with Gasteiger partial charge in [-0.3, -0.25) is 4.79 Å². The number of carbonyl (C=O) groups is 1. The third kappa shape index (κ3) is 3.36. The smallest absolute Gasteiger partial charge is 0.273 e. The first-order valence-corrected chi connectivity index (χ1v) is 8.32. The predicted octanol–water partition coefficient (Wildman–Crippen LogP) is 3.68. The number of benzene rings is 1. The van der Waals surface area contributed by atoms with Crippen molar-refractivity contribution in [1.29, 1.82) is 0 Å². The molecule has 6 nitrogen and oxygen atoms in total. The van der Waals surface area contributed by atoms with Crippen LogP contribution < -0.4 is 0 Å². The number of hydrogen-bond donors (Lipinski definition) is 0. The van der Waals surface area contributed by atoms with Crippen LogP contribution in [-0.2, 0) is 0 Å². The lowest BCUT2D eigenvalue weighted by molar-refractivity contribution is 0.0783. The highest BCUT2D eigenvalue weighted by Gasteiger charge is 2.29. The highest BCUT2D eigenvalue weighted by Crippen LogP contribution is 2.35. The molecular formula is C18H13ClF3N5O. The molecule has 1 amide bonds. The molecule has 3 rings (SSSR count). The first kappa shape index (κ1) is 19.6. The SMILES string of the molecule is C=CCN(CC=C)C(=O)c1c(-c2c(F)cc(F)cc2F)c(Cl)nc2ncnn12. The summed E-state index contributed by atoms with van der Waals surface area (Å²) in [6.45, 7) is 7.41. The van der Waals surface area contributed by atoms with E-state index >= 15 is 0 Å². The third-order valence-electron chi connectivity index (χ3n) is 3.83. The summed E-state index contributed by atoms with van der Waals surface area (Å²) < 4.78 is 43.3. The summed E-state index contributed by atoms with van der Waals surface area (Å²) in [7, 11) is 0. The molecule has 2 heterocycles. The zero-order valence-corrected chi connectivity index (χ0v) is 15.1. The molecule has 0 radical (unpaired) electrons. The summed E-state index contributed by atoms with van der Waals surface area (Å²) in [6, 6.07) is 0.972. The van der Waals surface area contributed by atoms with Gasteiger partial charge in [-0.05, 0) is 0 Å². The number of nitrogens with zero attached hydrogens (tertiary/aromatic N) is 5. The molecule has 1 aromatic carbocycles. The molecule has 0 aliphatic heterocycles. The standard InChI is InChI=1S/C18H13ClF3N5O/c1-3-5-26(6-4-2)17(28)15-14(13-11(21)7-10(20)8-12(13)22)16(19)25-18-23-9-24-27(15)18/h3-4,7-9H,1-2,5-6H2. The Balaban J connectivity index is 2.37. The summed E-state index contributed by atoms with van der Waals surface area (Å²) in [5.41, 5.74) is -1.34. The van der Waals surface area contributed by atoms with Crippen molar-refractivity contribution in [3.63, 3.8) is 0 Å². The lowest BCUT2D eigenvalue weighted by atomic mass is 10.0. The van der Waals surface area contributed by atoms with Crippen LogP contribution in [-0.4, -0.2) is 43.5 Å². The fourth-order valence-corrected chi connectivity index (χ4v) is 2.98. The van der Waals surface area contributed by atoms with Crippen LogP contribution in [0, 0.1) is 17.5 Å². The highest BCUT2D eigenvalue weighted by atomic mass is 35.5. The first-order valence-electron chi connectivity index (χ1n) is 7.94. The van der Waals surface area contributed by atoms with Crippen molar-refractivity contribution in [3.05, 3.63) is 72.1 Å². The molecular weight excluding hydrogens is 395 g/mol. The monoisotopic (exact) mass is 407 g/mol. The molecule has 0 atom stereocenters. The van der Waals surface area contributed by atoms with Crippen molar-refractivity contribution < 1.29 is 18.0 Å². The lowest BCUT2D eigenvalue weighted by Gasteiger charge is -2.22. The average molecular weight is 408 g/mol.